The summed E-state index contributed by atoms with van der Waals surface area (Å²) >= 11 is 0. The molecule has 16 heavy (non-hydrogen) atoms. The number of aliphatic hydroxyl groups excluding tert-OH is 2. The van der Waals surface area contributed by atoms with Crippen molar-refractivity contribution in [3.8, 4) is 0 Å². The normalized spacial score (nSPS) is 25.1. The number of rotatable bonds is 3. The smallest absolute Gasteiger partial charge is 0.0853 e. The van der Waals surface area contributed by atoms with Gasteiger partial charge in [-0.25, -0.2) is 0 Å². The highest BCUT2D eigenvalue weighted by molar-refractivity contribution is 5.48. The molecule has 2 atom stereocenters. The summed E-state index contributed by atoms with van der Waals surface area (Å²) in [6.07, 6.45) is 2.81. The van der Waals surface area contributed by atoms with E-state index in [1.807, 2.05) is 12.1 Å². The molecular formula is C12H18N2O2. The van der Waals surface area contributed by atoms with Crippen LogP contribution >= 0.6 is 0 Å². The molecule has 1 aromatic rings. The zero-order chi connectivity index (χ0) is 11.5. The lowest BCUT2D eigenvalue weighted by Gasteiger charge is -2.27. The van der Waals surface area contributed by atoms with Crippen LogP contribution in [0.3, 0.4) is 0 Å². The maximum absolute atomic E-state index is 9.39. The van der Waals surface area contributed by atoms with E-state index in [4.69, 9.17) is 5.11 Å². The first-order valence-corrected chi connectivity index (χ1v) is 5.69. The Kier molecular flexibility index (Phi) is 3.41. The van der Waals surface area contributed by atoms with E-state index >= 15 is 0 Å². The summed E-state index contributed by atoms with van der Waals surface area (Å²) in [6.45, 7) is 3.26. The van der Waals surface area contributed by atoms with Crippen LogP contribution in [0.15, 0.2) is 18.3 Å². The number of nitrogens with zero attached hydrogens (tertiary/aromatic N) is 2. The van der Waals surface area contributed by atoms with E-state index in [1.165, 1.54) is 0 Å². The van der Waals surface area contributed by atoms with Gasteiger partial charge in [0, 0.05) is 18.4 Å². The van der Waals surface area contributed by atoms with Gasteiger partial charge in [0.1, 0.15) is 0 Å². The molecule has 0 amide bonds. The van der Waals surface area contributed by atoms with Crippen molar-refractivity contribution in [3.63, 3.8) is 0 Å². The summed E-state index contributed by atoms with van der Waals surface area (Å²) in [5.41, 5.74) is 1.72. The van der Waals surface area contributed by atoms with Gasteiger partial charge < -0.3 is 15.1 Å². The van der Waals surface area contributed by atoms with Crippen LogP contribution in [0, 0.1) is 5.92 Å². The molecule has 0 aromatic carbocycles. The molecule has 1 fully saturated rings. The van der Waals surface area contributed by atoms with Crippen LogP contribution in [-0.2, 0) is 6.61 Å². The number of aromatic nitrogens is 1. The van der Waals surface area contributed by atoms with Gasteiger partial charge in [-0.05, 0) is 24.5 Å². The van der Waals surface area contributed by atoms with Crippen molar-refractivity contribution in [3.05, 3.63) is 24.0 Å². The SMILES string of the molecule is CC1CCN(c2ccnc(CO)c2)C1CO. The van der Waals surface area contributed by atoms with Crippen molar-refractivity contribution in [1.29, 1.82) is 0 Å². The van der Waals surface area contributed by atoms with Crippen molar-refractivity contribution in [2.45, 2.75) is 26.0 Å². The summed E-state index contributed by atoms with van der Waals surface area (Å²) in [6, 6.07) is 4.01. The van der Waals surface area contributed by atoms with Gasteiger partial charge in [-0.2, -0.15) is 0 Å². The molecular weight excluding hydrogens is 204 g/mol. The van der Waals surface area contributed by atoms with Crippen LogP contribution < -0.4 is 4.90 Å². The van der Waals surface area contributed by atoms with Gasteiger partial charge in [0.05, 0.1) is 24.9 Å². The second-order valence-electron chi connectivity index (χ2n) is 4.37. The Balaban J connectivity index is 2.22. The Morgan fingerprint density at radius 1 is 1.50 bits per heavy atom. The third-order valence-corrected chi connectivity index (χ3v) is 3.36. The van der Waals surface area contributed by atoms with Crippen LogP contribution in [0.1, 0.15) is 19.0 Å². The molecule has 2 unspecified atom stereocenters. The number of hydrogen-bond acceptors (Lipinski definition) is 4. The maximum Gasteiger partial charge on any atom is 0.0853 e. The largest absolute Gasteiger partial charge is 0.394 e. The highest BCUT2D eigenvalue weighted by atomic mass is 16.3. The van der Waals surface area contributed by atoms with Crippen LogP contribution in [0.5, 0.6) is 0 Å². The van der Waals surface area contributed by atoms with Crippen molar-refractivity contribution < 1.29 is 10.2 Å². The predicted molar refractivity (Wildman–Crippen MR) is 62.2 cm³/mol. The average molecular weight is 222 g/mol. The Morgan fingerprint density at radius 2 is 2.31 bits per heavy atom. The Hall–Kier alpha value is -1.13. The Bertz CT molecular complexity index is 357. The van der Waals surface area contributed by atoms with Gasteiger partial charge in [0.15, 0.2) is 0 Å². The summed E-state index contributed by atoms with van der Waals surface area (Å²) in [7, 11) is 0. The lowest BCUT2D eigenvalue weighted by atomic mass is 10.0. The molecule has 4 nitrogen and oxygen atoms in total. The summed E-state index contributed by atoms with van der Waals surface area (Å²) < 4.78 is 0. The highest BCUT2D eigenvalue weighted by Crippen LogP contribution is 2.29. The number of pyridine rings is 1. The van der Waals surface area contributed by atoms with Crippen LogP contribution in [-0.4, -0.2) is 34.4 Å². The van der Waals surface area contributed by atoms with Gasteiger partial charge in [-0.3, -0.25) is 4.98 Å². The number of aliphatic hydroxyl groups is 2. The zero-order valence-electron chi connectivity index (χ0n) is 9.50. The Morgan fingerprint density at radius 3 is 3.00 bits per heavy atom. The van der Waals surface area contributed by atoms with Crippen molar-refractivity contribution in [1.82, 2.24) is 4.98 Å². The van der Waals surface area contributed by atoms with E-state index in [0.717, 1.165) is 18.7 Å². The summed E-state index contributed by atoms with van der Waals surface area (Å²) in [5.74, 6) is 0.510. The van der Waals surface area contributed by atoms with E-state index < -0.39 is 0 Å². The van der Waals surface area contributed by atoms with E-state index in [0.29, 0.717) is 11.6 Å². The van der Waals surface area contributed by atoms with E-state index in [2.05, 4.69) is 16.8 Å². The van der Waals surface area contributed by atoms with Crippen LogP contribution in [0.4, 0.5) is 5.69 Å². The van der Waals surface area contributed by atoms with Crippen molar-refractivity contribution in [2.24, 2.45) is 5.92 Å². The fourth-order valence-electron chi connectivity index (χ4n) is 2.34. The summed E-state index contributed by atoms with van der Waals surface area (Å²) in [4.78, 5) is 6.26. The minimum Gasteiger partial charge on any atom is -0.394 e. The zero-order valence-corrected chi connectivity index (χ0v) is 9.50. The van der Waals surface area contributed by atoms with Gasteiger partial charge >= 0.3 is 0 Å². The van der Waals surface area contributed by atoms with Gasteiger partial charge in [-0.1, -0.05) is 6.92 Å². The molecule has 1 aromatic heterocycles. The minimum absolute atomic E-state index is 0.0406. The second-order valence-corrected chi connectivity index (χ2v) is 4.37. The second kappa shape index (κ2) is 4.80. The van der Waals surface area contributed by atoms with Crippen molar-refractivity contribution in [2.75, 3.05) is 18.1 Å². The molecule has 0 radical (unpaired) electrons. The lowest BCUT2D eigenvalue weighted by molar-refractivity contribution is 0.244. The standard InChI is InChI=1S/C12H18N2O2/c1-9-3-5-14(12(9)8-16)11-2-4-13-10(6-11)7-15/h2,4,6,9,12,15-16H,3,5,7-8H2,1H3. The average Bonchev–Trinajstić information content (AvgIpc) is 2.70. The van der Waals surface area contributed by atoms with Crippen LogP contribution in [0.2, 0.25) is 0 Å². The maximum atomic E-state index is 9.39. The lowest BCUT2D eigenvalue weighted by Crippen LogP contribution is -2.35. The molecule has 0 bridgehead atoms. The van der Waals surface area contributed by atoms with E-state index in [-0.39, 0.29) is 19.3 Å². The van der Waals surface area contributed by atoms with Crippen molar-refractivity contribution >= 4 is 5.69 Å². The molecule has 1 aliphatic heterocycles. The molecule has 1 saturated heterocycles. The molecule has 0 saturated carbocycles. The number of hydrogen-bond donors (Lipinski definition) is 2. The highest BCUT2D eigenvalue weighted by Gasteiger charge is 2.30. The first-order chi connectivity index (χ1) is 7.76. The molecule has 0 spiro atoms. The molecule has 1 aliphatic rings. The molecule has 2 rings (SSSR count). The fraction of sp³-hybridized carbons (Fsp3) is 0.583. The predicted octanol–water partition coefficient (Wildman–Crippen LogP) is 0.781. The van der Waals surface area contributed by atoms with Crippen LogP contribution in [0.25, 0.3) is 0 Å². The monoisotopic (exact) mass is 222 g/mol. The third kappa shape index (κ3) is 2.03. The van der Waals surface area contributed by atoms with Gasteiger partial charge in [0.2, 0.25) is 0 Å². The Labute approximate surface area is 95.5 Å². The number of anilines is 1. The molecule has 88 valence electrons. The third-order valence-electron chi connectivity index (χ3n) is 3.36. The van der Waals surface area contributed by atoms with Gasteiger partial charge in [0.25, 0.3) is 0 Å². The minimum atomic E-state index is -0.0406. The molecule has 0 aliphatic carbocycles. The van der Waals surface area contributed by atoms with E-state index in [1.54, 1.807) is 6.20 Å². The fourth-order valence-corrected chi connectivity index (χ4v) is 2.34. The molecule has 2 heterocycles. The van der Waals surface area contributed by atoms with Gasteiger partial charge in [-0.15, -0.1) is 0 Å². The topological polar surface area (TPSA) is 56.6 Å². The summed E-state index contributed by atoms with van der Waals surface area (Å²) in [5, 5.41) is 18.4. The van der Waals surface area contributed by atoms with E-state index in [9.17, 15) is 5.11 Å². The first-order valence-electron chi connectivity index (χ1n) is 5.69. The quantitative estimate of drug-likeness (QED) is 0.793. The molecule has 2 N–H and O–H groups in total. The first kappa shape index (κ1) is 11.4. The molecule has 4 heteroatoms.